The Hall–Kier alpha value is -3.74. The molecule has 0 spiro atoms. The fourth-order valence-electron chi connectivity index (χ4n) is 2.01. The predicted octanol–water partition coefficient (Wildman–Crippen LogP) is 3.40. The molecule has 0 unspecified atom stereocenters. The molecule has 0 aliphatic carbocycles. The lowest BCUT2D eigenvalue weighted by molar-refractivity contribution is 0.0701. The van der Waals surface area contributed by atoms with E-state index in [1.165, 1.54) is 42.8 Å². The van der Waals surface area contributed by atoms with Crippen molar-refractivity contribution in [2.75, 3.05) is 0 Å². The first-order chi connectivity index (χ1) is 12.6. The number of hydrazone groups is 1. The molecule has 0 aliphatic rings. The third kappa shape index (κ3) is 4.41. The Bertz CT molecular complexity index is 917. The molecule has 1 aromatic heterocycles. The number of rotatable bonds is 5. The van der Waals surface area contributed by atoms with Crippen molar-refractivity contribution in [3.63, 3.8) is 0 Å². The van der Waals surface area contributed by atoms with Gasteiger partial charge in [-0.1, -0.05) is 0 Å². The van der Waals surface area contributed by atoms with E-state index >= 15 is 0 Å². The van der Waals surface area contributed by atoms with Crippen molar-refractivity contribution in [2.24, 2.45) is 5.10 Å². The van der Waals surface area contributed by atoms with E-state index in [2.05, 4.69) is 10.5 Å². The van der Waals surface area contributed by atoms with Gasteiger partial charge in [-0.3, -0.25) is 4.79 Å². The van der Waals surface area contributed by atoms with Crippen LogP contribution in [0.4, 0.5) is 4.39 Å². The van der Waals surface area contributed by atoms with Crippen molar-refractivity contribution >= 4 is 18.1 Å². The molecule has 0 radical (unpaired) electrons. The summed E-state index contributed by atoms with van der Waals surface area (Å²) in [5, 5.41) is 3.83. The number of halogens is 1. The molecule has 0 aliphatic heterocycles. The number of amides is 1. The van der Waals surface area contributed by atoms with Crippen LogP contribution in [0.2, 0.25) is 0 Å². The SMILES string of the molecule is O=C(N/N=C/c1ccc(OC(=O)c2ccco2)cc1)c1ccc(F)cc1. The van der Waals surface area contributed by atoms with Gasteiger partial charge in [0.2, 0.25) is 5.76 Å². The van der Waals surface area contributed by atoms with E-state index in [1.807, 2.05) is 0 Å². The minimum atomic E-state index is -0.594. The molecule has 0 bridgehead atoms. The molecule has 26 heavy (non-hydrogen) atoms. The lowest BCUT2D eigenvalue weighted by Crippen LogP contribution is -2.17. The summed E-state index contributed by atoms with van der Waals surface area (Å²) < 4.78 is 22.9. The Balaban J connectivity index is 1.55. The average molecular weight is 352 g/mol. The summed E-state index contributed by atoms with van der Waals surface area (Å²) in [5.41, 5.74) is 3.32. The number of hydrogen-bond donors (Lipinski definition) is 1. The van der Waals surface area contributed by atoms with E-state index in [0.717, 1.165) is 0 Å². The van der Waals surface area contributed by atoms with Crippen molar-refractivity contribution in [2.45, 2.75) is 0 Å². The molecule has 0 atom stereocenters. The van der Waals surface area contributed by atoms with E-state index in [9.17, 15) is 14.0 Å². The van der Waals surface area contributed by atoms with Gasteiger partial charge in [0.25, 0.3) is 5.91 Å². The van der Waals surface area contributed by atoms with Crippen LogP contribution in [-0.4, -0.2) is 18.1 Å². The summed E-state index contributed by atoms with van der Waals surface area (Å²) in [6.07, 6.45) is 2.82. The second-order valence-corrected chi connectivity index (χ2v) is 5.14. The summed E-state index contributed by atoms with van der Waals surface area (Å²) in [6.45, 7) is 0. The van der Waals surface area contributed by atoms with Crippen molar-refractivity contribution in [3.8, 4) is 5.75 Å². The summed E-state index contributed by atoms with van der Waals surface area (Å²) in [5.74, 6) is -1.01. The van der Waals surface area contributed by atoms with E-state index in [0.29, 0.717) is 16.9 Å². The minimum Gasteiger partial charge on any atom is -0.457 e. The first kappa shape index (κ1) is 17.1. The standard InChI is InChI=1S/C19H13FN2O4/c20-15-7-5-14(6-8-15)18(23)22-21-12-13-3-9-16(10-4-13)26-19(24)17-2-1-11-25-17/h1-12H,(H,22,23)/b21-12+. The highest BCUT2D eigenvalue weighted by atomic mass is 19.1. The quantitative estimate of drug-likeness (QED) is 0.330. The Labute approximate surface area is 147 Å². The zero-order valence-electron chi connectivity index (χ0n) is 13.4. The second kappa shape index (κ2) is 7.89. The zero-order valence-corrected chi connectivity index (χ0v) is 13.4. The van der Waals surface area contributed by atoms with Gasteiger partial charge in [0.15, 0.2) is 0 Å². The molecular formula is C19H13FN2O4. The molecule has 1 heterocycles. The smallest absolute Gasteiger partial charge is 0.379 e. The van der Waals surface area contributed by atoms with Gasteiger partial charge in [-0.15, -0.1) is 0 Å². The summed E-state index contributed by atoms with van der Waals surface area (Å²) in [6, 6.07) is 14.7. The zero-order chi connectivity index (χ0) is 18.4. The molecule has 2 aromatic carbocycles. The molecule has 1 N–H and O–H groups in total. The van der Waals surface area contributed by atoms with Crippen molar-refractivity contribution in [3.05, 3.63) is 89.6 Å². The van der Waals surface area contributed by atoms with E-state index in [-0.39, 0.29) is 5.76 Å². The predicted molar refractivity (Wildman–Crippen MR) is 91.6 cm³/mol. The summed E-state index contributed by atoms with van der Waals surface area (Å²) in [4.78, 5) is 23.6. The number of nitrogens with one attached hydrogen (secondary N) is 1. The number of esters is 1. The van der Waals surface area contributed by atoms with E-state index < -0.39 is 17.7 Å². The first-order valence-electron chi connectivity index (χ1n) is 7.56. The van der Waals surface area contributed by atoms with Crippen LogP contribution in [0.1, 0.15) is 26.5 Å². The molecule has 0 saturated carbocycles. The Morgan fingerprint density at radius 1 is 1.04 bits per heavy atom. The number of carbonyl (C=O) groups excluding carboxylic acids is 2. The lowest BCUT2D eigenvalue weighted by atomic mass is 10.2. The fourth-order valence-corrected chi connectivity index (χ4v) is 2.01. The van der Waals surface area contributed by atoms with Gasteiger partial charge in [0.05, 0.1) is 12.5 Å². The third-order valence-corrected chi connectivity index (χ3v) is 3.30. The highest BCUT2D eigenvalue weighted by Crippen LogP contribution is 2.14. The van der Waals surface area contributed by atoms with Crippen molar-refractivity contribution in [1.29, 1.82) is 0 Å². The van der Waals surface area contributed by atoms with Crippen LogP contribution in [0.15, 0.2) is 76.4 Å². The maximum atomic E-state index is 12.8. The fraction of sp³-hybridized carbons (Fsp3) is 0. The molecule has 0 saturated heterocycles. The third-order valence-electron chi connectivity index (χ3n) is 3.30. The number of ether oxygens (including phenoxy) is 1. The Kier molecular flexibility index (Phi) is 5.19. The van der Waals surface area contributed by atoms with Crippen LogP contribution in [-0.2, 0) is 0 Å². The number of furan rings is 1. The molecule has 7 heteroatoms. The molecule has 3 rings (SSSR count). The highest BCUT2D eigenvalue weighted by molar-refractivity contribution is 5.94. The molecule has 3 aromatic rings. The topological polar surface area (TPSA) is 80.9 Å². The van der Waals surface area contributed by atoms with Gasteiger partial charge in [-0.05, 0) is 66.2 Å². The Morgan fingerprint density at radius 2 is 1.77 bits per heavy atom. The lowest BCUT2D eigenvalue weighted by Gasteiger charge is -2.02. The molecule has 1 amide bonds. The maximum absolute atomic E-state index is 12.8. The van der Waals surface area contributed by atoms with Gasteiger partial charge in [0.1, 0.15) is 11.6 Å². The average Bonchev–Trinajstić information content (AvgIpc) is 3.18. The first-order valence-corrected chi connectivity index (χ1v) is 7.56. The number of benzene rings is 2. The normalized spacial score (nSPS) is 10.7. The number of carbonyl (C=O) groups is 2. The number of nitrogens with zero attached hydrogens (tertiary/aromatic N) is 1. The van der Waals surface area contributed by atoms with Gasteiger partial charge in [0, 0.05) is 5.56 Å². The van der Waals surface area contributed by atoms with Crippen molar-refractivity contribution < 1.29 is 23.1 Å². The van der Waals surface area contributed by atoms with Gasteiger partial charge in [-0.2, -0.15) is 5.10 Å². The van der Waals surface area contributed by atoms with Gasteiger partial charge in [-0.25, -0.2) is 14.6 Å². The summed E-state index contributed by atoms with van der Waals surface area (Å²) >= 11 is 0. The van der Waals surface area contributed by atoms with Gasteiger partial charge >= 0.3 is 5.97 Å². The molecule has 6 nitrogen and oxygen atoms in total. The van der Waals surface area contributed by atoms with Crippen LogP contribution in [0, 0.1) is 5.82 Å². The van der Waals surface area contributed by atoms with Crippen molar-refractivity contribution in [1.82, 2.24) is 5.43 Å². The van der Waals surface area contributed by atoms with Crippen LogP contribution < -0.4 is 10.2 Å². The molecular weight excluding hydrogens is 339 g/mol. The van der Waals surface area contributed by atoms with Gasteiger partial charge < -0.3 is 9.15 Å². The van der Waals surface area contributed by atoms with Crippen LogP contribution in [0.3, 0.4) is 0 Å². The monoisotopic (exact) mass is 352 g/mol. The minimum absolute atomic E-state index is 0.110. The molecule has 0 fully saturated rings. The second-order valence-electron chi connectivity index (χ2n) is 5.14. The van der Waals surface area contributed by atoms with E-state index in [4.69, 9.17) is 9.15 Å². The maximum Gasteiger partial charge on any atom is 0.379 e. The molecule has 130 valence electrons. The summed E-state index contributed by atoms with van der Waals surface area (Å²) in [7, 11) is 0. The number of hydrogen-bond acceptors (Lipinski definition) is 5. The van der Waals surface area contributed by atoms with Crippen LogP contribution >= 0.6 is 0 Å². The van der Waals surface area contributed by atoms with Crippen LogP contribution in [0.5, 0.6) is 5.75 Å². The Morgan fingerprint density at radius 3 is 2.42 bits per heavy atom. The highest BCUT2D eigenvalue weighted by Gasteiger charge is 2.10. The van der Waals surface area contributed by atoms with Crippen LogP contribution in [0.25, 0.3) is 0 Å². The largest absolute Gasteiger partial charge is 0.457 e. The van der Waals surface area contributed by atoms with E-state index in [1.54, 1.807) is 30.3 Å².